The lowest BCUT2D eigenvalue weighted by atomic mass is 10.0. The molecule has 1 aliphatic heterocycles. The molecule has 1 aromatic rings. The number of non-ortho nitro benzene ring substituents is 1. The zero-order chi connectivity index (χ0) is 16.9. The Balaban J connectivity index is 0.00000225. The van der Waals surface area contributed by atoms with E-state index in [1.165, 1.54) is 37.1 Å². The van der Waals surface area contributed by atoms with Crippen molar-refractivity contribution in [2.24, 2.45) is 5.92 Å². The number of hydrogen-bond acceptors (Lipinski definition) is 5. The number of nitro benzene ring substituents is 1. The summed E-state index contributed by atoms with van der Waals surface area (Å²) in [4.78, 5) is 24.2. The second kappa shape index (κ2) is 9.01. The minimum atomic E-state index is -0.462. The Morgan fingerprint density at radius 3 is 2.40 bits per heavy atom. The molecule has 0 atom stereocenters. The highest BCUT2D eigenvalue weighted by Crippen LogP contribution is 2.28. The first kappa shape index (κ1) is 19.5. The van der Waals surface area contributed by atoms with Crippen molar-refractivity contribution < 1.29 is 14.5 Å². The van der Waals surface area contributed by atoms with Crippen molar-refractivity contribution in [3.05, 3.63) is 34.4 Å². The number of nitrogens with zero attached hydrogens (tertiary/aromatic N) is 2. The van der Waals surface area contributed by atoms with E-state index in [2.05, 4.69) is 5.32 Å². The molecule has 1 aliphatic carbocycles. The Morgan fingerprint density at radius 1 is 1.20 bits per heavy atom. The first-order valence-corrected chi connectivity index (χ1v) is 8.50. The summed E-state index contributed by atoms with van der Waals surface area (Å²) >= 11 is 0. The highest BCUT2D eigenvalue weighted by molar-refractivity contribution is 5.85. The lowest BCUT2D eigenvalue weighted by Crippen LogP contribution is -2.46. The van der Waals surface area contributed by atoms with Crippen molar-refractivity contribution in [1.82, 2.24) is 10.2 Å². The fourth-order valence-corrected chi connectivity index (χ4v) is 2.89. The van der Waals surface area contributed by atoms with Gasteiger partial charge in [-0.2, -0.15) is 0 Å². The van der Waals surface area contributed by atoms with E-state index in [9.17, 15) is 14.9 Å². The first-order valence-electron chi connectivity index (χ1n) is 8.50. The predicted molar refractivity (Wildman–Crippen MR) is 96.2 cm³/mol. The van der Waals surface area contributed by atoms with Crippen LogP contribution >= 0.6 is 12.4 Å². The Bertz CT molecular complexity index is 584. The number of ether oxygens (including phenoxy) is 1. The van der Waals surface area contributed by atoms with Crippen molar-refractivity contribution >= 4 is 24.0 Å². The molecule has 0 radical (unpaired) electrons. The molecule has 25 heavy (non-hydrogen) atoms. The van der Waals surface area contributed by atoms with Gasteiger partial charge in [-0.05, 0) is 50.3 Å². The lowest BCUT2D eigenvalue weighted by molar-refractivity contribution is -0.384. The molecule has 138 valence electrons. The molecule has 1 saturated carbocycles. The molecule has 0 bridgehead atoms. The Kier molecular flexibility index (Phi) is 7.01. The molecule has 0 unspecified atom stereocenters. The van der Waals surface area contributed by atoms with Crippen molar-refractivity contribution in [1.29, 1.82) is 0 Å². The van der Waals surface area contributed by atoms with Gasteiger partial charge in [0.25, 0.3) is 11.6 Å². The number of carbonyl (C=O) groups excluding carboxylic acids is 1. The molecule has 0 spiro atoms. The SMILES string of the molecule is Cl.O=C(COc1ccc([N+](=O)[O-])cc1)N1CCC(NCC2CC2)CC1. The molecule has 1 heterocycles. The van der Waals surface area contributed by atoms with Gasteiger partial charge in [0.1, 0.15) is 5.75 Å². The summed E-state index contributed by atoms with van der Waals surface area (Å²) in [6, 6.07) is 6.29. The van der Waals surface area contributed by atoms with Gasteiger partial charge in [0.15, 0.2) is 6.61 Å². The number of nitro groups is 1. The van der Waals surface area contributed by atoms with Gasteiger partial charge in [0, 0.05) is 31.3 Å². The molecule has 7 nitrogen and oxygen atoms in total. The summed E-state index contributed by atoms with van der Waals surface area (Å²) in [5.74, 6) is 1.31. The van der Waals surface area contributed by atoms with Crippen LogP contribution in [-0.2, 0) is 4.79 Å². The van der Waals surface area contributed by atoms with Crippen molar-refractivity contribution in [3.63, 3.8) is 0 Å². The summed E-state index contributed by atoms with van der Waals surface area (Å²) < 4.78 is 5.44. The van der Waals surface area contributed by atoms with Gasteiger partial charge in [0.05, 0.1) is 4.92 Å². The fraction of sp³-hybridized carbons (Fsp3) is 0.588. The third kappa shape index (κ3) is 5.86. The van der Waals surface area contributed by atoms with Gasteiger partial charge in [-0.15, -0.1) is 12.4 Å². The number of nitrogens with one attached hydrogen (secondary N) is 1. The van der Waals surface area contributed by atoms with Crippen LogP contribution in [0.2, 0.25) is 0 Å². The molecule has 1 saturated heterocycles. The van der Waals surface area contributed by atoms with Gasteiger partial charge in [-0.25, -0.2) is 0 Å². The molecule has 8 heteroatoms. The van der Waals surface area contributed by atoms with Crippen molar-refractivity contribution in [3.8, 4) is 5.75 Å². The van der Waals surface area contributed by atoms with Crippen LogP contribution in [0.1, 0.15) is 25.7 Å². The predicted octanol–water partition coefficient (Wildman–Crippen LogP) is 2.39. The maximum Gasteiger partial charge on any atom is 0.269 e. The average Bonchev–Trinajstić information content (AvgIpc) is 3.43. The zero-order valence-electron chi connectivity index (χ0n) is 14.1. The molecular formula is C17H24ClN3O4. The van der Waals surface area contributed by atoms with E-state index in [1.807, 2.05) is 4.90 Å². The van der Waals surface area contributed by atoms with Gasteiger partial charge in [-0.1, -0.05) is 0 Å². The quantitative estimate of drug-likeness (QED) is 0.589. The Hall–Kier alpha value is -1.86. The number of likely N-dealkylation sites (tertiary alicyclic amines) is 1. The second-order valence-electron chi connectivity index (χ2n) is 6.55. The third-order valence-electron chi connectivity index (χ3n) is 4.65. The van der Waals surface area contributed by atoms with E-state index in [0.717, 1.165) is 38.4 Å². The normalized spacial score (nSPS) is 17.7. The molecule has 1 aromatic carbocycles. The van der Waals surface area contributed by atoms with E-state index < -0.39 is 4.92 Å². The van der Waals surface area contributed by atoms with Gasteiger partial charge in [-0.3, -0.25) is 14.9 Å². The van der Waals surface area contributed by atoms with Crippen molar-refractivity contribution in [2.45, 2.75) is 31.7 Å². The monoisotopic (exact) mass is 369 g/mol. The summed E-state index contributed by atoms with van der Waals surface area (Å²) in [5, 5.41) is 14.2. The first-order chi connectivity index (χ1) is 11.6. The second-order valence-corrected chi connectivity index (χ2v) is 6.55. The summed E-state index contributed by atoms with van der Waals surface area (Å²) in [5.41, 5.74) is 0.00875. The highest BCUT2D eigenvalue weighted by atomic mass is 35.5. The molecule has 0 aromatic heterocycles. The van der Waals surface area contributed by atoms with Crippen LogP contribution in [0.5, 0.6) is 5.75 Å². The minimum absolute atomic E-state index is 0. The van der Waals surface area contributed by atoms with Crippen LogP contribution < -0.4 is 10.1 Å². The highest BCUT2D eigenvalue weighted by Gasteiger charge is 2.26. The fourth-order valence-electron chi connectivity index (χ4n) is 2.89. The third-order valence-corrected chi connectivity index (χ3v) is 4.65. The maximum atomic E-state index is 12.2. The summed E-state index contributed by atoms with van der Waals surface area (Å²) in [7, 11) is 0. The van der Waals surface area contributed by atoms with Gasteiger partial charge in [0.2, 0.25) is 0 Å². The number of halogens is 1. The number of benzene rings is 1. The van der Waals surface area contributed by atoms with Crippen LogP contribution in [0.25, 0.3) is 0 Å². The maximum absolute atomic E-state index is 12.2. The summed E-state index contributed by atoms with van der Waals surface area (Å²) in [6.45, 7) is 2.59. The Labute approximate surface area is 153 Å². The molecule has 2 fully saturated rings. The molecule has 2 aliphatic rings. The van der Waals surface area contributed by atoms with Crippen LogP contribution in [0, 0.1) is 16.0 Å². The van der Waals surface area contributed by atoms with Crippen LogP contribution in [-0.4, -0.2) is 48.0 Å². The molecule has 1 N–H and O–H groups in total. The molecular weight excluding hydrogens is 346 g/mol. The number of carbonyl (C=O) groups is 1. The average molecular weight is 370 g/mol. The topological polar surface area (TPSA) is 84.7 Å². The van der Waals surface area contributed by atoms with E-state index in [-0.39, 0.29) is 30.6 Å². The van der Waals surface area contributed by atoms with Crippen LogP contribution in [0.15, 0.2) is 24.3 Å². The Morgan fingerprint density at radius 2 is 1.84 bits per heavy atom. The lowest BCUT2D eigenvalue weighted by Gasteiger charge is -2.32. The van der Waals surface area contributed by atoms with Gasteiger partial charge < -0.3 is 15.0 Å². The van der Waals surface area contributed by atoms with E-state index in [1.54, 1.807) is 0 Å². The smallest absolute Gasteiger partial charge is 0.269 e. The number of rotatable bonds is 7. The standard InChI is InChI=1S/C17H23N3O4.ClH/c21-17(12-24-16-5-3-15(4-6-16)20(22)23)19-9-7-14(8-10-19)18-11-13-1-2-13;/h3-6,13-14,18H,1-2,7-12H2;1H. The molecule has 3 rings (SSSR count). The number of amides is 1. The van der Waals surface area contributed by atoms with Crippen LogP contribution in [0.4, 0.5) is 5.69 Å². The van der Waals surface area contributed by atoms with Crippen LogP contribution in [0.3, 0.4) is 0 Å². The number of piperidine rings is 1. The van der Waals surface area contributed by atoms with E-state index in [0.29, 0.717) is 11.8 Å². The van der Waals surface area contributed by atoms with Gasteiger partial charge >= 0.3 is 0 Å². The largest absolute Gasteiger partial charge is 0.484 e. The zero-order valence-corrected chi connectivity index (χ0v) is 14.9. The molecule has 1 amide bonds. The van der Waals surface area contributed by atoms with E-state index >= 15 is 0 Å². The van der Waals surface area contributed by atoms with E-state index in [4.69, 9.17) is 4.74 Å². The number of hydrogen-bond donors (Lipinski definition) is 1. The van der Waals surface area contributed by atoms with Crippen molar-refractivity contribution in [2.75, 3.05) is 26.2 Å². The summed E-state index contributed by atoms with van der Waals surface area (Å²) in [6.07, 6.45) is 4.67. The minimum Gasteiger partial charge on any atom is -0.484 e.